The number of aromatic nitrogens is 4. The van der Waals surface area contributed by atoms with Crippen molar-refractivity contribution >= 4 is 11.6 Å². The maximum atomic E-state index is 12.1. The minimum Gasteiger partial charge on any atom is -0.395 e. The topological polar surface area (TPSA) is 90.8 Å². The highest BCUT2D eigenvalue weighted by atomic mass is 16.2. The maximum Gasteiger partial charge on any atom is 0.271 e. The molecule has 0 aliphatic heterocycles. The van der Waals surface area contributed by atoms with Gasteiger partial charge in [0.1, 0.15) is 5.69 Å². The Hall–Kier alpha value is -2.31. The van der Waals surface area contributed by atoms with Gasteiger partial charge < -0.3 is 11.1 Å². The molecule has 3 N–H and O–H groups in total. The Kier molecular flexibility index (Phi) is 4.07. The van der Waals surface area contributed by atoms with Gasteiger partial charge in [0.2, 0.25) is 0 Å². The van der Waals surface area contributed by atoms with Crippen LogP contribution in [0.15, 0.2) is 12.3 Å². The number of anilines is 1. The van der Waals surface area contributed by atoms with Gasteiger partial charge in [0.05, 0.1) is 17.1 Å². The fourth-order valence-electron chi connectivity index (χ4n) is 2.11. The third kappa shape index (κ3) is 2.81. The van der Waals surface area contributed by atoms with E-state index in [4.69, 9.17) is 5.73 Å². The molecule has 0 aromatic carbocycles. The standard InChI is InChI=1S/C13H20N6O/c1-4-10-11(14)12(19(3)17-10)13(20)15-7-5-9-6-8-18(2)16-9/h6,8H,4-5,7,14H2,1-3H3,(H,15,20). The summed E-state index contributed by atoms with van der Waals surface area (Å²) in [4.78, 5) is 12.1. The summed E-state index contributed by atoms with van der Waals surface area (Å²) in [6.45, 7) is 2.48. The van der Waals surface area contributed by atoms with Gasteiger partial charge in [0.15, 0.2) is 0 Å². The van der Waals surface area contributed by atoms with Crippen molar-refractivity contribution in [2.24, 2.45) is 14.1 Å². The Labute approximate surface area is 117 Å². The number of hydrogen-bond acceptors (Lipinski definition) is 4. The van der Waals surface area contributed by atoms with E-state index in [0.29, 0.717) is 30.8 Å². The molecule has 2 rings (SSSR count). The molecular formula is C13H20N6O. The van der Waals surface area contributed by atoms with Crippen LogP contribution in [0.3, 0.4) is 0 Å². The van der Waals surface area contributed by atoms with Crippen LogP contribution in [0.1, 0.15) is 28.8 Å². The largest absolute Gasteiger partial charge is 0.395 e. The maximum absolute atomic E-state index is 12.1. The second-order valence-electron chi connectivity index (χ2n) is 4.67. The molecule has 108 valence electrons. The van der Waals surface area contributed by atoms with Crippen LogP contribution in [0, 0.1) is 0 Å². The number of nitrogens with one attached hydrogen (secondary N) is 1. The number of rotatable bonds is 5. The van der Waals surface area contributed by atoms with Gasteiger partial charge in [0.25, 0.3) is 5.91 Å². The van der Waals surface area contributed by atoms with E-state index in [1.165, 1.54) is 4.68 Å². The van der Waals surface area contributed by atoms with Crippen molar-refractivity contribution in [1.29, 1.82) is 0 Å². The van der Waals surface area contributed by atoms with Gasteiger partial charge in [-0.25, -0.2) is 0 Å². The summed E-state index contributed by atoms with van der Waals surface area (Å²) in [5.41, 5.74) is 8.52. The number of carbonyl (C=O) groups is 1. The first-order valence-electron chi connectivity index (χ1n) is 6.61. The number of amides is 1. The highest BCUT2D eigenvalue weighted by molar-refractivity contribution is 5.97. The second-order valence-corrected chi connectivity index (χ2v) is 4.67. The summed E-state index contributed by atoms with van der Waals surface area (Å²) in [5, 5.41) is 11.3. The van der Waals surface area contributed by atoms with Crippen molar-refractivity contribution in [3.05, 3.63) is 29.3 Å². The van der Waals surface area contributed by atoms with Crippen molar-refractivity contribution in [3.8, 4) is 0 Å². The molecule has 0 bridgehead atoms. The monoisotopic (exact) mass is 276 g/mol. The van der Waals surface area contributed by atoms with Gasteiger partial charge in [-0.3, -0.25) is 14.2 Å². The molecule has 1 amide bonds. The summed E-state index contributed by atoms with van der Waals surface area (Å²) in [6, 6.07) is 1.93. The van der Waals surface area contributed by atoms with Crippen molar-refractivity contribution in [2.75, 3.05) is 12.3 Å². The Balaban J connectivity index is 1.97. The van der Waals surface area contributed by atoms with Crippen LogP contribution in [0.25, 0.3) is 0 Å². The van der Waals surface area contributed by atoms with Gasteiger partial charge >= 0.3 is 0 Å². The van der Waals surface area contributed by atoms with E-state index in [1.807, 2.05) is 26.2 Å². The third-order valence-electron chi connectivity index (χ3n) is 3.15. The van der Waals surface area contributed by atoms with Gasteiger partial charge in [-0.05, 0) is 12.5 Å². The summed E-state index contributed by atoms with van der Waals surface area (Å²) in [6.07, 6.45) is 3.27. The lowest BCUT2D eigenvalue weighted by Gasteiger charge is -2.05. The quantitative estimate of drug-likeness (QED) is 0.820. The molecule has 20 heavy (non-hydrogen) atoms. The Morgan fingerprint density at radius 2 is 2.15 bits per heavy atom. The highest BCUT2D eigenvalue weighted by Gasteiger charge is 2.18. The molecule has 7 heteroatoms. The molecule has 0 unspecified atom stereocenters. The number of aryl methyl sites for hydroxylation is 3. The molecule has 2 aromatic rings. The SMILES string of the molecule is CCc1nn(C)c(C(=O)NCCc2ccn(C)n2)c1N. The zero-order valence-corrected chi connectivity index (χ0v) is 12.1. The second kappa shape index (κ2) is 5.77. The molecule has 0 radical (unpaired) electrons. The first-order valence-corrected chi connectivity index (χ1v) is 6.61. The molecule has 0 aliphatic rings. The highest BCUT2D eigenvalue weighted by Crippen LogP contribution is 2.16. The first kappa shape index (κ1) is 14.1. The van der Waals surface area contributed by atoms with Crippen molar-refractivity contribution in [3.63, 3.8) is 0 Å². The minimum absolute atomic E-state index is 0.201. The van der Waals surface area contributed by atoms with E-state index in [2.05, 4.69) is 15.5 Å². The molecule has 0 saturated heterocycles. The average molecular weight is 276 g/mol. The van der Waals surface area contributed by atoms with E-state index in [0.717, 1.165) is 11.4 Å². The third-order valence-corrected chi connectivity index (χ3v) is 3.15. The van der Waals surface area contributed by atoms with Gasteiger partial charge in [-0.15, -0.1) is 0 Å². The lowest BCUT2D eigenvalue weighted by atomic mass is 10.2. The molecule has 0 saturated carbocycles. The van der Waals surface area contributed by atoms with Crippen LogP contribution < -0.4 is 11.1 Å². The lowest BCUT2D eigenvalue weighted by molar-refractivity contribution is 0.0945. The molecule has 7 nitrogen and oxygen atoms in total. The predicted octanol–water partition coefficient (Wildman–Crippen LogP) is 0.271. The minimum atomic E-state index is -0.201. The lowest BCUT2D eigenvalue weighted by Crippen LogP contribution is -2.28. The molecular weight excluding hydrogens is 256 g/mol. The van der Waals surface area contributed by atoms with E-state index >= 15 is 0 Å². The summed E-state index contributed by atoms with van der Waals surface area (Å²) in [5.74, 6) is -0.201. The Morgan fingerprint density at radius 3 is 2.70 bits per heavy atom. The Bertz CT molecular complexity index is 612. The van der Waals surface area contributed by atoms with E-state index in [-0.39, 0.29) is 5.91 Å². The number of hydrogen-bond donors (Lipinski definition) is 2. The first-order chi connectivity index (χ1) is 9.52. The fraction of sp³-hybridized carbons (Fsp3) is 0.462. The molecule has 0 atom stereocenters. The van der Waals surface area contributed by atoms with E-state index in [9.17, 15) is 4.79 Å². The summed E-state index contributed by atoms with van der Waals surface area (Å²) >= 11 is 0. The molecule has 2 heterocycles. The molecule has 2 aromatic heterocycles. The molecule has 0 fully saturated rings. The van der Waals surface area contributed by atoms with Gasteiger partial charge in [-0.2, -0.15) is 10.2 Å². The van der Waals surface area contributed by atoms with Gasteiger partial charge in [-0.1, -0.05) is 6.92 Å². The zero-order chi connectivity index (χ0) is 14.7. The number of nitrogens with two attached hydrogens (primary N) is 1. The van der Waals surface area contributed by atoms with E-state index < -0.39 is 0 Å². The van der Waals surface area contributed by atoms with Crippen LogP contribution in [0.4, 0.5) is 5.69 Å². The van der Waals surface area contributed by atoms with Crippen LogP contribution >= 0.6 is 0 Å². The van der Waals surface area contributed by atoms with Crippen molar-refractivity contribution in [1.82, 2.24) is 24.9 Å². The van der Waals surface area contributed by atoms with Crippen molar-refractivity contribution < 1.29 is 4.79 Å². The average Bonchev–Trinajstić information content (AvgIpc) is 2.93. The summed E-state index contributed by atoms with van der Waals surface area (Å²) < 4.78 is 3.27. The zero-order valence-electron chi connectivity index (χ0n) is 12.1. The van der Waals surface area contributed by atoms with Crippen LogP contribution in [-0.4, -0.2) is 32.0 Å². The summed E-state index contributed by atoms with van der Waals surface area (Å²) in [7, 11) is 3.59. The fourth-order valence-corrected chi connectivity index (χ4v) is 2.11. The van der Waals surface area contributed by atoms with E-state index in [1.54, 1.807) is 11.7 Å². The molecule has 0 aliphatic carbocycles. The predicted molar refractivity (Wildman–Crippen MR) is 76.2 cm³/mol. The van der Waals surface area contributed by atoms with Gasteiger partial charge in [0, 0.05) is 33.3 Å². The number of nitrogens with zero attached hydrogens (tertiary/aromatic N) is 4. The Morgan fingerprint density at radius 1 is 1.40 bits per heavy atom. The van der Waals surface area contributed by atoms with Crippen LogP contribution in [-0.2, 0) is 26.9 Å². The van der Waals surface area contributed by atoms with Crippen LogP contribution in [0.5, 0.6) is 0 Å². The normalized spacial score (nSPS) is 10.8. The number of carbonyl (C=O) groups excluding carboxylic acids is 1. The van der Waals surface area contributed by atoms with Crippen LogP contribution in [0.2, 0.25) is 0 Å². The smallest absolute Gasteiger partial charge is 0.271 e. The number of nitrogen functional groups attached to an aromatic ring is 1. The molecule has 0 spiro atoms. The van der Waals surface area contributed by atoms with Crippen molar-refractivity contribution in [2.45, 2.75) is 19.8 Å².